The van der Waals surface area contributed by atoms with Crippen LogP contribution < -0.4 is 11.1 Å². The molecule has 1 saturated carbocycles. The van der Waals surface area contributed by atoms with Crippen LogP contribution in [0.3, 0.4) is 0 Å². The van der Waals surface area contributed by atoms with Crippen molar-refractivity contribution in [2.24, 2.45) is 5.92 Å². The zero-order chi connectivity index (χ0) is 16.2. The van der Waals surface area contributed by atoms with Crippen LogP contribution in [0.2, 0.25) is 0 Å². The normalized spacial score (nSPS) is 17.5. The van der Waals surface area contributed by atoms with Gasteiger partial charge in [0.05, 0.1) is 11.9 Å². The summed E-state index contributed by atoms with van der Waals surface area (Å²) >= 11 is 0. The molecule has 1 atom stereocenters. The standard InChI is InChI=1S/C17H28N6/c1-3-7-12(2)20-17-21-15(18)16-19-11-14(23(16)22-17)10-13-8-5-4-6-9-13/h11-13H,3-10H2,1-2H3,(H3,18,20,21,22). The lowest BCUT2D eigenvalue weighted by Gasteiger charge is -2.21. The van der Waals surface area contributed by atoms with Crippen molar-refractivity contribution in [3.63, 3.8) is 0 Å². The summed E-state index contributed by atoms with van der Waals surface area (Å²) in [4.78, 5) is 8.78. The second kappa shape index (κ2) is 7.15. The van der Waals surface area contributed by atoms with E-state index in [-0.39, 0.29) is 0 Å². The monoisotopic (exact) mass is 316 g/mol. The highest BCUT2D eigenvalue weighted by atomic mass is 15.3. The minimum Gasteiger partial charge on any atom is -0.380 e. The highest BCUT2D eigenvalue weighted by molar-refractivity contribution is 5.61. The number of nitrogens with two attached hydrogens (primary N) is 1. The minimum absolute atomic E-state index is 0.335. The largest absolute Gasteiger partial charge is 0.380 e. The fraction of sp³-hybridized carbons (Fsp3) is 0.706. The van der Waals surface area contributed by atoms with E-state index >= 15 is 0 Å². The van der Waals surface area contributed by atoms with Gasteiger partial charge in [-0.1, -0.05) is 45.4 Å². The summed E-state index contributed by atoms with van der Waals surface area (Å²) in [5.41, 5.74) is 7.90. The van der Waals surface area contributed by atoms with E-state index in [2.05, 4.69) is 34.2 Å². The van der Waals surface area contributed by atoms with E-state index in [1.807, 2.05) is 10.7 Å². The van der Waals surface area contributed by atoms with Gasteiger partial charge in [0.1, 0.15) is 0 Å². The van der Waals surface area contributed by atoms with Crippen molar-refractivity contribution in [3.05, 3.63) is 11.9 Å². The summed E-state index contributed by atoms with van der Waals surface area (Å²) in [6.45, 7) is 4.32. The van der Waals surface area contributed by atoms with Crippen LogP contribution in [0.5, 0.6) is 0 Å². The number of rotatable bonds is 6. The average Bonchev–Trinajstić information content (AvgIpc) is 2.92. The lowest BCUT2D eigenvalue weighted by molar-refractivity contribution is 0.353. The van der Waals surface area contributed by atoms with E-state index in [9.17, 15) is 0 Å². The highest BCUT2D eigenvalue weighted by Crippen LogP contribution is 2.27. The third-order valence-corrected chi connectivity index (χ3v) is 4.78. The molecular weight excluding hydrogens is 288 g/mol. The lowest BCUT2D eigenvalue weighted by Crippen LogP contribution is -2.19. The summed E-state index contributed by atoms with van der Waals surface area (Å²) < 4.78 is 1.89. The van der Waals surface area contributed by atoms with Gasteiger partial charge >= 0.3 is 0 Å². The van der Waals surface area contributed by atoms with Crippen molar-refractivity contribution >= 4 is 17.4 Å². The van der Waals surface area contributed by atoms with Crippen LogP contribution in [0.15, 0.2) is 6.20 Å². The molecule has 1 aliphatic carbocycles. The number of nitrogen functional groups attached to an aromatic ring is 1. The Labute approximate surface area is 137 Å². The molecule has 1 fully saturated rings. The first-order valence-electron chi connectivity index (χ1n) is 8.94. The molecule has 0 aliphatic heterocycles. The molecule has 6 heteroatoms. The molecule has 2 aromatic rings. The molecule has 6 nitrogen and oxygen atoms in total. The fourth-order valence-corrected chi connectivity index (χ4v) is 3.56. The molecule has 3 N–H and O–H groups in total. The Morgan fingerprint density at radius 2 is 2.13 bits per heavy atom. The summed E-state index contributed by atoms with van der Waals surface area (Å²) in [6, 6.07) is 0.335. The molecule has 2 aromatic heterocycles. The van der Waals surface area contributed by atoms with Crippen molar-refractivity contribution in [1.82, 2.24) is 19.6 Å². The predicted molar refractivity (Wildman–Crippen MR) is 93.5 cm³/mol. The molecule has 0 spiro atoms. The summed E-state index contributed by atoms with van der Waals surface area (Å²) in [7, 11) is 0. The van der Waals surface area contributed by atoms with Crippen LogP contribution in [-0.2, 0) is 6.42 Å². The van der Waals surface area contributed by atoms with Crippen LogP contribution in [-0.4, -0.2) is 25.6 Å². The molecule has 126 valence electrons. The Kier molecular flexibility index (Phi) is 4.98. The molecule has 0 amide bonds. The van der Waals surface area contributed by atoms with Gasteiger partial charge in [-0.15, -0.1) is 5.10 Å². The van der Waals surface area contributed by atoms with E-state index in [0.717, 1.165) is 30.9 Å². The first kappa shape index (κ1) is 16.0. The van der Waals surface area contributed by atoms with Crippen molar-refractivity contribution < 1.29 is 0 Å². The number of nitrogens with one attached hydrogen (secondary N) is 1. The van der Waals surface area contributed by atoms with Crippen LogP contribution in [0.1, 0.15) is 64.5 Å². The Morgan fingerprint density at radius 1 is 1.35 bits per heavy atom. The maximum atomic E-state index is 6.08. The van der Waals surface area contributed by atoms with Crippen LogP contribution in [0.25, 0.3) is 5.65 Å². The van der Waals surface area contributed by atoms with Crippen LogP contribution in [0, 0.1) is 5.92 Å². The molecule has 0 aromatic carbocycles. The number of nitrogens with zero attached hydrogens (tertiary/aromatic N) is 4. The lowest BCUT2D eigenvalue weighted by atomic mass is 9.86. The SMILES string of the molecule is CCCC(C)Nc1nc(N)c2ncc(CC3CCCCC3)n2n1. The zero-order valence-corrected chi connectivity index (χ0v) is 14.3. The Hall–Kier alpha value is -1.85. The molecule has 1 unspecified atom stereocenters. The van der Waals surface area contributed by atoms with Gasteiger partial charge < -0.3 is 11.1 Å². The third-order valence-electron chi connectivity index (χ3n) is 4.78. The molecule has 0 saturated heterocycles. The van der Waals surface area contributed by atoms with Gasteiger partial charge in [0.15, 0.2) is 11.5 Å². The summed E-state index contributed by atoms with van der Waals surface area (Å²) in [6.07, 6.45) is 11.8. The van der Waals surface area contributed by atoms with E-state index in [1.165, 1.54) is 32.1 Å². The minimum atomic E-state index is 0.335. The number of imidazole rings is 1. The summed E-state index contributed by atoms with van der Waals surface area (Å²) in [5.74, 6) is 1.79. The topological polar surface area (TPSA) is 81.1 Å². The number of hydrogen-bond acceptors (Lipinski definition) is 5. The molecular formula is C17H28N6. The number of anilines is 2. The van der Waals surface area contributed by atoms with E-state index in [1.54, 1.807) is 0 Å². The quantitative estimate of drug-likeness (QED) is 0.853. The van der Waals surface area contributed by atoms with E-state index in [0.29, 0.717) is 23.5 Å². The molecule has 0 radical (unpaired) electrons. The van der Waals surface area contributed by atoms with Gasteiger partial charge in [-0.25, -0.2) is 9.50 Å². The number of aromatic nitrogens is 4. The number of fused-ring (bicyclic) bond motifs is 1. The van der Waals surface area contributed by atoms with Gasteiger partial charge in [0, 0.05) is 6.04 Å². The second-order valence-corrected chi connectivity index (χ2v) is 6.85. The first-order valence-corrected chi connectivity index (χ1v) is 8.94. The average molecular weight is 316 g/mol. The van der Waals surface area contributed by atoms with Crippen LogP contribution in [0.4, 0.5) is 11.8 Å². The third kappa shape index (κ3) is 3.74. The highest BCUT2D eigenvalue weighted by Gasteiger charge is 2.18. The Balaban J connectivity index is 1.83. The molecule has 1 aliphatic rings. The van der Waals surface area contributed by atoms with Crippen molar-refractivity contribution in [2.75, 3.05) is 11.1 Å². The van der Waals surface area contributed by atoms with Gasteiger partial charge in [-0.05, 0) is 25.7 Å². The Morgan fingerprint density at radius 3 is 2.87 bits per heavy atom. The Bertz CT molecular complexity index is 644. The van der Waals surface area contributed by atoms with Gasteiger partial charge in [-0.2, -0.15) is 4.98 Å². The number of hydrogen-bond donors (Lipinski definition) is 2. The second-order valence-electron chi connectivity index (χ2n) is 6.85. The summed E-state index contributed by atoms with van der Waals surface area (Å²) in [5, 5.41) is 7.98. The molecule has 0 bridgehead atoms. The van der Waals surface area contributed by atoms with Crippen LogP contribution >= 0.6 is 0 Å². The zero-order valence-electron chi connectivity index (χ0n) is 14.3. The van der Waals surface area contributed by atoms with Crippen molar-refractivity contribution in [1.29, 1.82) is 0 Å². The fourth-order valence-electron chi connectivity index (χ4n) is 3.56. The smallest absolute Gasteiger partial charge is 0.243 e. The maximum Gasteiger partial charge on any atom is 0.243 e. The van der Waals surface area contributed by atoms with Crippen molar-refractivity contribution in [2.45, 2.75) is 71.3 Å². The molecule has 23 heavy (non-hydrogen) atoms. The molecule has 2 heterocycles. The maximum absolute atomic E-state index is 6.08. The molecule has 3 rings (SSSR count). The van der Waals surface area contributed by atoms with Gasteiger partial charge in [0.2, 0.25) is 5.95 Å². The predicted octanol–water partition coefficient (Wildman–Crippen LogP) is 3.43. The van der Waals surface area contributed by atoms with E-state index in [4.69, 9.17) is 5.73 Å². The van der Waals surface area contributed by atoms with E-state index < -0.39 is 0 Å². The van der Waals surface area contributed by atoms with Gasteiger partial charge in [-0.3, -0.25) is 0 Å². The van der Waals surface area contributed by atoms with Crippen molar-refractivity contribution in [3.8, 4) is 0 Å². The van der Waals surface area contributed by atoms with Gasteiger partial charge in [0.25, 0.3) is 0 Å². The first-order chi connectivity index (χ1) is 11.2.